The first-order valence-electron chi connectivity index (χ1n) is 5.69. The highest BCUT2D eigenvalue weighted by molar-refractivity contribution is 5.96. The van der Waals surface area contributed by atoms with E-state index in [0.29, 0.717) is 0 Å². The van der Waals surface area contributed by atoms with Gasteiger partial charge >= 0.3 is 0 Å². The van der Waals surface area contributed by atoms with E-state index in [1.165, 1.54) is 0 Å². The molecule has 0 aliphatic rings. The molecule has 0 spiro atoms. The number of carbonyl (C=O) groups is 2. The molecule has 1 heterocycles. The highest BCUT2D eigenvalue weighted by atomic mass is 16.2. The molecule has 6 heteroatoms. The van der Waals surface area contributed by atoms with Crippen LogP contribution in [0.2, 0.25) is 0 Å². The molecule has 0 aliphatic heterocycles. The smallest absolute Gasteiger partial charge is 0.270 e. The molecule has 0 saturated heterocycles. The number of primary amides is 1. The molecule has 1 aromatic heterocycles. The quantitative estimate of drug-likeness (QED) is 0.703. The lowest BCUT2D eigenvalue weighted by molar-refractivity contribution is -0.120. The van der Waals surface area contributed by atoms with Gasteiger partial charge in [0.15, 0.2) is 0 Å². The monoisotopic (exact) mass is 250 g/mol. The van der Waals surface area contributed by atoms with Gasteiger partial charge in [0.05, 0.1) is 11.9 Å². The largest absolute Gasteiger partial charge is 0.387 e. The third-order valence-electron chi connectivity index (χ3n) is 2.54. The highest BCUT2D eigenvalue weighted by Gasteiger charge is 2.22. The first kappa shape index (κ1) is 14.0. The molecule has 1 atom stereocenters. The zero-order valence-electron chi connectivity index (χ0n) is 10.7. The fraction of sp³-hybridized carbons (Fsp3) is 0.417. The predicted molar refractivity (Wildman–Crippen MR) is 69.1 cm³/mol. The number of anilines is 1. The van der Waals surface area contributed by atoms with Gasteiger partial charge in [0.25, 0.3) is 5.91 Å². The van der Waals surface area contributed by atoms with Crippen LogP contribution >= 0.6 is 0 Å². The van der Waals surface area contributed by atoms with Gasteiger partial charge in [-0.3, -0.25) is 9.59 Å². The Kier molecular flexibility index (Phi) is 4.65. The van der Waals surface area contributed by atoms with Gasteiger partial charge in [0.1, 0.15) is 11.7 Å². The molecule has 18 heavy (non-hydrogen) atoms. The molecule has 6 nitrogen and oxygen atoms in total. The summed E-state index contributed by atoms with van der Waals surface area (Å²) < 4.78 is 0. The summed E-state index contributed by atoms with van der Waals surface area (Å²) in [6.45, 7) is 3.63. The molecule has 98 valence electrons. The summed E-state index contributed by atoms with van der Waals surface area (Å²) in [5, 5.41) is 5.48. The average molecular weight is 250 g/mol. The van der Waals surface area contributed by atoms with Crippen LogP contribution in [0.1, 0.15) is 24.3 Å². The number of amides is 2. The molecule has 0 aliphatic carbocycles. The Labute approximate surface area is 106 Å². The van der Waals surface area contributed by atoms with E-state index in [1.807, 2.05) is 13.8 Å². The van der Waals surface area contributed by atoms with E-state index < -0.39 is 17.9 Å². The third-order valence-corrected chi connectivity index (χ3v) is 2.54. The Bertz CT molecular complexity index is 428. The van der Waals surface area contributed by atoms with Gasteiger partial charge in [-0.2, -0.15) is 0 Å². The van der Waals surface area contributed by atoms with Crippen molar-refractivity contribution in [3.8, 4) is 0 Å². The minimum absolute atomic E-state index is 0.0666. The number of nitrogens with one attached hydrogen (secondary N) is 2. The van der Waals surface area contributed by atoms with Crippen molar-refractivity contribution in [2.45, 2.75) is 19.9 Å². The first-order chi connectivity index (χ1) is 8.45. The van der Waals surface area contributed by atoms with E-state index in [9.17, 15) is 9.59 Å². The van der Waals surface area contributed by atoms with Crippen LogP contribution in [0.15, 0.2) is 18.3 Å². The second kappa shape index (κ2) is 6.00. The average Bonchev–Trinajstić information content (AvgIpc) is 2.35. The maximum Gasteiger partial charge on any atom is 0.270 e. The first-order valence-corrected chi connectivity index (χ1v) is 5.69. The number of nitrogens with zero attached hydrogens (tertiary/aromatic N) is 1. The molecule has 4 N–H and O–H groups in total. The minimum atomic E-state index is -0.691. The number of pyridine rings is 1. The number of aromatic nitrogens is 1. The number of nitrogens with two attached hydrogens (primary N) is 1. The predicted octanol–water partition coefficient (Wildman–Crippen LogP) is 0.363. The van der Waals surface area contributed by atoms with Crippen LogP contribution in [0.4, 0.5) is 5.69 Å². The maximum atomic E-state index is 11.9. The van der Waals surface area contributed by atoms with E-state index in [4.69, 9.17) is 5.73 Å². The molecular weight excluding hydrogens is 232 g/mol. The summed E-state index contributed by atoms with van der Waals surface area (Å²) in [4.78, 5) is 27.0. The highest BCUT2D eigenvalue weighted by Crippen LogP contribution is 2.06. The van der Waals surface area contributed by atoms with Crippen molar-refractivity contribution in [2.75, 3.05) is 12.4 Å². The van der Waals surface area contributed by atoms with Gasteiger partial charge < -0.3 is 16.4 Å². The van der Waals surface area contributed by atoms with Crippen LogP contribution in [0.25, 0.3) is 0 Å². The maximum absolute atomic E-state index is 11.9. The summed E-state index contributed by atoms with van der Waals surface area (Å²) in [5.74, 6) is -1.02. The topological polar surface area (TPSA) is 97.1 Å². The van der Waals surface area contributed by atoms with E-state index in [0.717, 1.165) is 5.69 Å². The van der Waals surface area contributed by atoms with E-state index in [-0.39, 0.29) is 11.6 Å². The van der Waals surface area contributed by atoms with Gasteiger partial charge in [0, 0.05) is 7.05 Å². The molecule has 0 aromatic carbocycles. The number of hydrogen-bond acceptors (Lipinski definition) is 4. The van der Waals surface area contributed by atoms with Crippen LogP contribution in [0, 0.1) is 5.92 Å². The molecular formula is C12H18N4O2. The third kappa shape index (κ3) is 3.44. The molecule has 2 amide bonds. The Morgan fingerprint density at radius 1 is 1.33 bits per heavy atom. The lowest BCUT2D eigenvalue weighted by atomic mass is 10.0. The van der Waals surface area contributed by atoms with Crippen molar-refractivity contribution >= 4 is 17.5 Å². The SMILES string of the molecule is CNc1ccc(C(=O)NC(C(N)=O)C(C)C)nc1. The molecule has 1 unspecified atom stereocenters. The Balaban J connectivity index is 2.77. The molecule has 0 radical (unpaired) electrons. The fourth-order valence-corrected chi connectivity index (χ4v) is 1.46. The molecule has 0 fully saturated rings. The second-order valence-electron chi connectivity index (χ2n) is 4.28. The van der Waals surface area contributed by atoms with Gasteiger partial charge in [0.2, 0.25) is 5.91 Å². The van der Waals surface area contributed by atoms with Gasteiger partial charge in [-0.05, 0) is 18.1 Å². The minimum Gasteiger partial charge on any atom is -0.387 e. The lowest BCUT2D eigenvalue weighted by Gasteiger charge is -2.18. The number of hydrogen-bond donors (Lipinski definition) is 3. The normalized spacial score (nSPS) is 12.0. The standard InChI is InChI=1S/C12H18N4O2/c1-7(2)10(11(13)17)16-12(18)9-5-4-8(14-3)6-15-9/h4-7,10,14H,1-3H3,(H2,13,17)(H,16,18). The van der Waals surface area contributed by atoms with Crippen LogP contribution < -0.4 is 16.4 Å². The zero-order valence-corrected chi connectivity index (χ0v) is 10.7. The summed E-state index contributed by atoms with van der Waals surface area (Å²) >= 11 is 0. The Morgan fingerprint density at radius 3 is 2.39 bits per heavy atom. The summed E-state index contributed by atoms with van der Waals surface area (Å²) in [5.41, 5.74) is 6.28. The lowest BCUT2D eigenvalue weighted by Crippen LogP contribution is -2.47. The molecule has 0 saturated carbocycles. The summed E-state index contributed by atoms with van der Waals surface area (Å²) in [7, 11) is 1.76. The van der Waals surface area contributed by atoms with E-state index in [2.05, 4.69) is 15.6 Å². The van der Waals surface area contributed by atoms with Crippen LogP contribution in [0.3, 0.4) is 0 Å². The van der Waals surface area contributed by atoms with E-state index >= 15 is 0 Å². The summed E-state index contributed by atoms with van der Waals surface area (Å²) in [6, 6.07) is 2.62. The van der Waals surface area contributed by atoms with E-state index in [1.54, 1.807) is 25.4 Å². The van der Waals surface area contributed by atoms with Crippen LogP contribution in [0.5, 0.6) is 0 Å². The zero-order chi connectivity index (χ0) is 13.7. The second-order valence-corrected chi connectivity index (χ2v) is 4.28. The molecule has 1 aromatic rings. The van der Waals surface area contributed by atoms with Gasteiger partial charge in [-0.25, -0.2) is 4.98 Å². The van der Waals surface area contributed by atoms with Crippen molar-refractivity contribution in [2.24, 2.45) is 11.7 Å². The molecule has 0 bridgehead atoms. The van der Waals surface area contributed by atoms with Crippen molar-refractivity contribution in [1.29, 1.82) is 0 Å². The number of carbonyl (C=O) groups excluding carboxylic acids is 2. The van der Waals surface area contributed by atoms with Crippen molar-refractivity contribution in [3.63, 3.8) is 0 Å². The van der Waals surface area contributed by atoms with Crippen molar-refractivity contribution in [3.05, 3.63) is 24.0 Å². The van der Waals surface area contributed by atoms with Crippen molar-refractivity contribution in [1.82, 2.24) is 10.3 Å². The van der Waals surface area contributed by atoms with Gasteiger partial charge in [-0.15, -0.1) is 0 Å². The molecule has 1 rings (SSSR count). The van der Waals surface area contributed by atoms with Crippen LogP contribution in [-0.2, 0) is 4.79 Å². The number of rotatable bonds is 5. The Hall–Kier alpha value is -2.11. The summed E-state index contributed by atoms with van der Waals surface area (Å²) in [6.07, 6.45) is 1.55. The van der Waals surface area contributed by atoms with Gasteiger partial charge in [-0.1, -0.05) is 13.8 Å². The fourth-order valence-electron chi connectivity index (χ4n) is 1.46. The van der Waals surface area contributed by atoms with Crippen molar-refractivity contribution < 1.29 is 9.59 Å². The van der Waals surface area contributed by atoms with Crippen LogP contribution in [-0.4, -0.2) is 29.9 Å². The Morgan fingerprint density at radius 2 is 2.00 bits per heavy atom.